The highest BCUT2D eigenvalue weighted by Crippen LogP contribution is 2.09. The van der Waals surface area contributed by atoms with Crippen LogP contribution in [0.4, 0.5) is 0 Å². The second-order valence-corrected chi connectivity index (χ2v) is 3.15. The number of hydrogen-bond donors (Lipinski definition) is 2. The van der Waals surface area contributed by atoms with E-state index in [1.54, 1.807) is 0 Å². The van der Waals surface area contributed by atoms with Gasteiger partial charge in [-0.3, -0.25) is 0 Å². The third kappa shape index (κ3) is 7.53. The predicted molar refractivity (Wildman–Crippen MR) is 51.6 cm³/mol. The van der Waals surface area contributed by atoms with Crippen molar-refractivity contribution >= 4 is 5.97 Å². The maximum Gasteiger partial charge on any atom is 0.330 e. The molecule has 0 unspecified atom stereocenters. The van der Waals surface area contributed by atoms with Crippen molar-refractivity contribution in [2.75, 3.05) is 6.61 Å². The largest absolute Gasteiger partial charge is 0.478 e. The van der Waals surface area contributed by atoms with Gasteiger partial charge in [0.1, 0.15) is 0 Å². The molecule has 0 aliphatic carbocycles. The second-order valence-electron chi connectivity index (χ2n) is 3.15. The smallest absolute Gasteiger partial charge is 0.330 e. The van der Waals surface area contributed by atoms with E-state index >= 15 is 0 Å². The maximum absolute atomic E-state index is 10.3. The van der Waals surface area contributed by atoms with Crippen LogP contribution in [0.3, 0.4) is 0 Å². The van der Waals surface area contributed by atoms with Gasteiger partial charge in [-0.15, -0.1) is 0 Å². The molecule has 0 aliphatic heterocycles. The number of carboxylic acid groups (broad SMARTS) is 1. The molecule has 0 heterocycles. The monoisotopic (exact) mass is 186 g/mol. The molecule has 3 nitrogen and oxygen atoms in total. The Kier molecular flexibility index (Phi) is 7.30. The van der Waals surface area contributed by atoms with E-state index in [1.165, 1.54) is 0 Å². The van der Waals surface area contributed by atoms with Gasteiger partial charge < -0.3 is 10.2 Å². The molecule has 0 rings (SSSR count). The average molecular weight is 186 g/mol. The molecule has 0 saturated heterocycles. The topological polar surface area (TPSA) is 57.5 Å². The van der Waals surface area contributed by atoms with Crippen LogP contribution in [-0.2, 0) is 4.79 Å². The van der Waals surface area contributed by atoms with Gasteiger partial charge in [0.2, 0.25) is 0 Å². The van der Waals surface area contributed by atoms with Crippen molar-refractivity contribution in [2.24, 2.45) is 0 Å². The lowest BCUT2D eigenvalue weighted by Gasteiger charge is -2.00. The highest BCUT2D eigenvalue weighted by atomic mass is 16.4. The van der Waals surface area contributed by atoms with E-state index in [0.717, 1.165) is 32.1 Å². The molecule has 13 heavy (non-hydrogen) atoms. The highest BCUT2D eigenvalue weighted by Gasteiger charge is 2.02. The first-order valence-electron chi connectivity index (χ1n) is 4.70. The molecule has 3 heteroatoms. The number of carbonyl (C=O) groups is 1. The first-order chi connectivity index (χ1) is 6.18. The number of aliphatic carboxylic acids is 1. The number of hydrogen-bond acceptors (Lipinski definition) is 2. The summed E-state index contributed by atoms with van der Waals surface area (Å²) in [5, 5.41) is 17.0. The third-order valence-electron chi connectivity index (χ3n) is 1.94. The van der Waals surface area contributed by atoms with Crippen LogP contribution in [0.15, 0.2) is 12.2 Å². The van der Waals surface area contributed by atoms with Gasteiger partial charge in [0, 0.05) is 12.2 Å². The molecule has 0 radical (unpaired) electrons. The molecule has 0 aliphatic rings. The zero-order chi connectivity index (χ0) is 10.1. The second kappa shape index (κ2) is 7.80. The van der Waals surface area contributed by atoms with Gasteiger partial charge in [-0.05, 0) is 19.3 Å². The lowest BCUT2D eigenvalue weighted by molar-refractivity contribution is -0.132. The minimum Gasteiger partial charge on any atom is -0.478 e. The molecule has 0 spiro atoms. The molecule has 0 aromatic rings. The quantitative estimate of drug-likeness (QED) is 0.450. The van der Waals surface area contributed by atoms with Crippen molar-refractivity contribution < 1.29 is 15.0 Å². The summed E-state index contributed by atoms with van der Waals surface area (Å²) >= 11 is 0. The van der Waals surface area contributed by atoms with Gasteiger partial charge in [-0.2, -0.15) is 0 Å². The number of carboxylic acids is 1. The minimum absolute atomic E-state index is 0.252. The van der Waals surface area contributed by atoms with Gasteiger partial charge in [-0.1, -0.05) is 25.8 Å². The van der Waals surface area contributed by atoms with Gasteiger partial charge >= 0.3 is 5.97 Å². The Morgan fingerprint density at radius 2 is 1.62 bits per heavy atom. The molecule has 0 aromatic heterocycles. The van der Waals surface area contributed by atoms with E-state index in [1.807, 2.05) is 0 Å². The Morgan fingerprint density at radius 3 is 2.15 bits per heavy atom. The van der Waals surface area contributed by atoms with E-state index in [9.17, 15) is 4.79 Å². The standard InChI is InChI=1S/C10H18O3/c1-9(10(12)13)7-5-3-2-4-6-8-11/h11H,1-8H2,(H,12,13). The summed E-state index contributed by atoms with van der Waals surface area (Å²) in [6.45, 7) is 3.70. The van der Waals surface area contributed by atoms with Gasteiger partial charge in [0.15, 0.2) is 0 Å². The molecular formula is C10H18O3. The molecule has 2 N–H and O–H groups in total. The predicted octanol–water partition coefficient (Wildman–Crippen LogP) is 1.96. The van der Waals surface area contributed by atoms with E-state index in [-0.39, 0.29) is 6.61 Å². The Bertz CT molecular complexity index is 164. The molecule has 76 valence electrons. The van der Waals surface area contributed by atoms with Crippen LogP contribution in [-0.4, -0.2) is 22.8 Å². The summed E-state index contributed by atoms with van der Waals surface area (Å²) in [5.41, 5.74) is 0.294. The van der Waals surface area contributed by atoms with Crippen molar-refractivity contribution in [3.05, 3.63) is 12.2 Å². The molecular weight excluding hydrogens is 168 g/mol. The number of aliphatic hydroxyl groups is 1. The zero-order valence-corrected chi connectivity index (χ0v) is 7.96. The molecule has 0 amide bonds. The van der Waals surface area contributed by atoms with E-state index in [0.29, 0.717) is 12.0 Å². The first-order valence-corrected chi connectivity index (χ1v) is 4.70. The average Bonchev–Trinajstić information content (AvgIpc) is 2.10. The summed E-state index contributed by atoms with van der Waals surface area (Å²) in [6.07, 6.45) is 5.42. The number of unbranched alkanes of at least 4 members (excludes halogenated alkanes) is 4. The third-order valence-corrected chi connectivity index (χ3v) is 1.94. The SMILES string of the molecule is C=C(CCCCCCCO)C(=O)O. The first kappa shape index (κ1) is 12.2. The van der Waals surface area contributed by atoms with E-state index in [4.69, 9.17) is 10.2 Å². The number of rotatable bonds is 8. The molecule has 0 fully saturated rings. The normalized spacial score (nSPS) is 9.92. The Balaban J connectivity index is 3.16. The fraction of sp³-hybridized carbons (Fsp3) is 0.700. The summed E-state index contributed by atoms with van der Waals surface area (Å²) in [7, 11) is 0. The summed E-state index contributed by atoms with van der Waals surface area (Å²) in [4.78, 5) is 10.3. The van der Waals surface area contributed by atoms with Crippen molar-refractivity contribution in [3.63, 3.8) is 0 Å². The molecule has 0 atom stereocenters. The van der Waals surface area contributed by atoms with E-state index < -0.39 is 5.97 Å². The summed E-state index contributed by atoms with van der Waals surface area (Å²) in [5.74, 6) is -0.893. The Morgan fingerprint density at radius 1 is 1.08 bits per heavy atom. The number of aliphatic hydroxyl groups excluding tert-OH is 1. The zero-order valence-electron chi connectivity index (χ0n) is 7.96. The molecule has 0 bridgehead atoms. The van der Waals surface area contributed by atoms with Gasteiger partial charge in [0.05, 0.1) is 0 Å². The minimum atomic E-state index is -0.893. The van der Waals surface area contributed by atoms with Crippen molar-refractivity contribution in [1.82, 2.24) is 0 Å². The molecule has 0 aromatic carbocycles. The fourth-order valence-corrected chi connectivity index (χ4v) is 1.09. The lowest BCUT2D eigenvalue weighted by Crippen LogP contribution is -1.98. The Hall–Kier alpha value is -0.830. The van der Waals surface area contributed by atoms with Crippen molar-refractivity contribution in [3.8, 4) is 0 Å². The van der Waals surface area contributed by atoms with Crippen LogP contribution in [0.2, 0.25) is 0 Å². The fourth-order valence-electron chi connectivity index (χ4n) is 1.09. The van der Waals surface area contributed by atoms with E-state index in [2.05, 4.69) is 6.58 Å². The van der Waals surface area contributed by atoms with Crippen LogP contribution < -0.4 is 0 Å². The lowest BCUT2D eigenvalue weighted by atomic mass is 10.1. The van der Waals surface area contributed by atoms with Crippen LogP contribution in [0.1, 0.15) is 38.5 Å². The van der Waals surface area contributed by atoms with Gasteiger partial charge in [0.25, 0.3) is 0 Å². The highest BCUT2D eigenvalue weighted by molar-refractivity contribution is 5.85. The van der Waals surface area contributed by atoms with Gasteiger partial charge in [-0.25, -0.2) is 4.79 Å². The molecule has 0 saturated carbocycles. The Labute approximate surface area is 79.1 Å². The van der Waals surface area contributed by atoms with Crippen molar-refractivity contribution in [1.29, 1.82) is 0 Å². The summed E-state index contributed by atoms with van der Waals surface area (Å²) in [6, 6.07) is 0. The van der Waals surface area contributed by atoms with Crippen LogP contribution in [0.25, 0.3) is 0 Å². The van der Waals surface area contributed by atoms with Crippen LogP contribution in [0, 0.1) is 0 Å². The van der Waals surface area contributed by atoms with Crippen molar-refractivity contribution in [2.45, 2.75) is 38.5 Å². The van der Waals surface area contributed by atoms with Crippen LogP contribution >= 0.6 is 0 Å². The summed E-state index contributed by atoms with van der Waals surface area (Å²) < 4.78 is 0. The maximum atomic E-state index is 10.3. The van der Waals surface area contributed by atoms with Crippen LogP contribution in [0.5, 0.6) is 0 Å².